The lowest BCUT2D eigenvalue weighted by molar-refractivity contribution is 0.0660. The molecule has 0 saturated carbocycles. The number of pyridine rings is 2. The molecule has 2 amide bonds. The van der Waals surface area contributed by atoms with Gasteiger partial charge in [0.1, 0.15) is 5.82 Å². The van der Waals surface area contributed by atoms with Gasteiger partial charge in [0.25, 0.3) is 17.4 Å². The second kappa shape index (κ2) is 7.03. The minimum Gasteiger partial charge on any atom is -0.494 e. The van der Waals surface area contributed by atoms with E-state index in [1.165, 1.54) is 12.4 Å². The summed E-state index contributed by atoms with van der Waals surface area (Å²) in [4.78, 5) is 42.3. The molecule has 0 atom stereocenters. The van der Waals surface area contributed by atoms with E-state index in [-0.39, 0.29) is 22.5 Å². The molecule has 2 aromatic carbocycles. The molecule has 0 spiro atoms. The molecule has 1 aliphatic heterocycles. The first-order chi connectivity index (χ1) is 15.1. The maximum absolute atomic E-state index is 13.0. The molecule has 4 aromatic rings. The lowest BCUT2D eigenvalue weighted by Gasteiger charge is -2.13. The molecule has 0 unspecified atom stereocenters. The van der Waals surface area contributed by atoms with Crippen LogP contribution in [0.1, 0.15) is 26.3 Å². The molecule has 5 rings (SSSR count). The predicted molar refractivity (Wildman–Crippen MR) is 114 cm³/mol. The fraction of sp³-hybridized carbons (Fsp3) is 0. The molecule has 8 nitrogen and oxygen atoms in total. The normalized spacial score (nSPS) is 13.4. The van der Waals surface area contributed by atoms with Crippen molar-refractivity contribution < 1.29 is 14.7 Å². The number of imide groups is 1. The fourth-order valence-corrected chi connectivity index (χ4v) is 3.58. The summed E-state index contributed by atoms with van der Waals surface area (Å²) in [5, 5.41) is 16.5. The average molecular weight is 410 g/mol. The van der Waals surface area contributed by atoms with Crippen LogP contribution >= 0.6 is 0 Å². The number of nitrogens with zero attached hydrogens (tertiary/aromatic N) is 4. The first-order valence-electron chi connectivity index (χ1n) is 9.38. The molecule has 0 fully saturated rings. The van der Waals surface area contributed by atoms with E-state index in [9.17, 15) is 19.5 Å². The highest BCUT2D eigenvalue weighted by Crippen LogP contribution is 2.27. The van der Waals surface area contributed by atoms with Crippen LogP contribution < -0.4 is 5.56 Å². The van der Waals surface area contributed by atoms with Crippen LogP contribution in [-0.4, -0.2) is 37.7 Å². The predicted octanol–water partition coefficient (Wildman–Crippen LogP) is 2.72. The van der Waals surface area contributed by atoms with E-state index in [4.69, 9.17) is 0 Å². The van der Waals surface area contributed by atoms with E-state index in [1.807, 2.05) is 0 Å². The van der Waals surface area contributed by atoms with Gasteiger partial charge in [0.05, 0.1) is 22.9 Å². The van der Waals surface area contributed by atoms with Crippen molar-refractivity contribution >= 4 is 28.8 Å². The van der Waals surface area contributed by atoms with Gasteiger partial charge in [0.15, 0.2) is 0 Å². The number of aromatic hydroxyl groups is 1. The highest BCUT2D eigenvalue weighted by Gasteiger charge is 2.35. The Morgan fingerprint density at radius 1 is 0.806 bits per heavy atom. The molecule has 1 N–H and O–H groups in total. The van der Waals surface area contributed by atoms with Crippen LogP contribution in [0.2, 0.25) is 0 Å². The van der Waals surface area contributed by atoms with Gasteiger partial charge in [-0.3, -0.25) is 14.4 Å². The van der Waals surface area contributed by atoms with Crippen molar-refractivity contribution in [2.75, 3.05) is 0 Å². The van der Waals surface area contributed by atoms with E-state index in [0.29, 0.717) is 10.8 Å². The van der Waals surface area contributed by atoms with Gasteiger partial charge < -0.3 is 5.11 Å². The van der Waals surface area contributed by atoms with E-state index >= 15 is 0 Å². The molecule has 31 heavy (non-hydrogen) atoms. The van der Waals surface area contributed by atoms with Crippen LogP contribution in [-0.2, 0) is 0 Å². The summed E-state index contributed by atoms with van der Waals surface area (Å²) in [7, 11) is 0. The third-order valence-electron chi connectivity index (χ3n) is 5.06. The summed E-state index contributed by atoms with van der Waals surface area (Å²) in [5.74, 6) is -1.29. The van der Waals surface area contributed by atoms with Crippen molar-refractivity contribution in [1.29, 1.82) is 0 Å². The number of carbonyl (C=O) groups is 2. The minimum absolute atomic E-state index is 0.178. The molecule has 3 heterocycles. The summed E-state index contributed by atoms with van der Waals surface area (Å²) >= 11 is 0. The zero-order valence-electron chi connectivity index (χ0n) is 16.0. The average Bonchev–Trinajstić information content (AvgIpc) is 3.05. The molecule has 150 valence electrons. The van der Waals surface area contributed by atoms with Crippen molar-refractivity contribution in [3.63, 3.8) is 0 Å². The van der Waals surface area contributed by atoms with Crippen molar-refractivity contribution in [1.82, 2.24) is 14.6 Å². The topological polar surface area (TPSA) is 105 Å². The lowest BCUT2D eigenvalue weighted by atomic mass is 10.1. The van der Waals surface area contributed by atoms with E-state index in [1.54, 1.807) is 66.7 Å². The highest BCUT2D eigenvalue weighted by molar-refractivity contribution is 6.21. The summed E-state index contributed by atoms with van der Waals surface area (Å²) in [5.41, 5.74) is 0.247. The van der Waals surface area contributed by atoms with E-state index in [2.05, 4.69) is 10.1 Å². The Bertz CT molecular complexity index is 1420. The van der Waals surface area contributed by atoms with Crippen LogP contribution in [0.15, 0.2) is 82.8 Å². The van der Waals surface area contributed by atoms with Gasteiger partial charge in [-0.1, -0.05) is 36.4 Å². The van der Waals surface area contributed by atoms with Crippen molar-refractivity contribution in [3.05, 3.63) is 100.0 Å². The number of hydrogen-bond acceptors (Lipinski definition) is 6. The first kappa shape index (κ1) is 18.4. The quantitative estimate of drug-likeness (QED) is 0.413. The van der Waals surface area contributed by atoms with Crippen LogP contribution in [0.25, 0.3) is 16.6 Å². The second-order valence-electron chi connectivity index (χ2n) is 6.82. The summed E-state index contributed by atoms with van der Waals surface area (Å²) < 4.78 is 1.06. The zero-order chi connectivity index (χ0) is 21.5. The fourth-order valence-electron chi connectivity index (χ4n) is 3.58. The van der Waals surface area contributed by atoms with Crippen LogP contribution in [0.4, 0.5) is 0 Å². The number of rotatable bonds is 3. The third-order valence-corrected chi connectivity index (χ3v) is 5.06. The van der Waals surface area contributed by atoms with Crippen LogP contribution in [0, 0.1) is 0 Å². The Kier molecular flexibility index (Phi) is 4.18. The third kappa shape index (κ3) is 2.81. The van der Waals surface area contributed by atoms with Gasteiger partial charge in [-0.15, -0.1) is 0 Å². The SMILES string of the molecule is O=C1c2ccccc2C(=O)N1/N=C/c1c(O)n(-c2ccccn2)c(=O)c2ccccc12. The van der Waals surface area contributed by atoms with Gasteiger partial charge >= 0.3 is 0 Å². The molecular weight excluding hydrogens is 396 g/mol. The number of fused-ring (bicyclic) bond motifs is 2. The van der Waals surface area contributed by atoms with Crippen molar-refractivity contribution in [2.24, 2.45) is 5.10 Å². The first-order valence-corrected chi connectivity index (χ1v) is 9.38. The smallest absolute Gasteiger partial charge is 0.282 e. The number of aromatic nitrogens is 2. The van der Waals surface area contributed by atoms with Gasteiger partial charge in [-0.2, -0.15) is 10.1 Å². The minimum atomic E-state index is -0.557. The van der Waals surface area contributed by atoms with Crippen molar-refractivity contribution in [2.45, 2.75) is 0 Å². The highest BCUT2D eigenvalue weighted by atomic mass is 16.3. The van der Waals surface area contributed by atoms with Crippen LogP contribution in [0.5, 0.6) is 5.88 Å². The Hall–Kier alpha value is -4.59. The number of hydrazone groups is 1. The molecular formula is C23H14N4O4. The monoisotopic (exact) mass is 410 g/mol. The number of hydrogen-bond donors (Lipinski definition) is 1. The van der Waals surface area contributed by atoms with Crippen molar-refractivity contribution in [3.8, 4) is 11.7 Å². The van der Waals surface area contributed by atoms with Crippen LogP contribution in [0.3, 0.4) is 0 Å². The molecule has 0 aliphatic carbocycles. The zero-order valence-corrected chi connectivity index (χ0v) is 16.0. The number of benzene rings is 2. The van der Waals surface area contributed by atoms with Gasteiger partial charge in [-0.25, -0.2) is 9.55 Å². The van der Waals surface area contributed by atoms with Gasteiger partial charge in [-0.05, 0) is 30.3 Å². The van der Waals surface area contributed by atoms with Gasteiger partial charge in [0, 0.05) is 17.0 Å². The van der Waals surface area contributed by atoms with Gasteiger partial charge in [0.2, 0.25) is 5.88 Å². The molecule has 1 aliphatic rings. The van der Waals surface area contributed by atoms with E-state index < -0.39 is 23.3 Å². The Morgan fingerprint density at radius 3 is 2.06 bits per heavy atom. The number of amides is 2. The molecule has 0 saturated heterocycles. The summed E-state index contributed by atoms with van der Waals surface area (Å²) in [6.45, 7) is 0. The molecule has 0 radical (unpaired) electrons. The Balaban J connectivity index is 1.68. The van der Waals surface area contributed by atoms with E-state index in [0.717, 1.165) is 9.58 Å². The maximum Gasteiger partial charge on any atom is 0.282 e. The molecule has 8 heteroatoms. The Morgan fingerprint density at radius 2 is 1.42 bits per heavy atom. The second-order valence-corrected chi connectivity index (χ2v) is 6.82. The Labute approximate surface area is 175 Å². The molecule has 2 aromatic heterocycles. The standard InChI is InChI=1S/C23H14N4O4/c28-20-15-8-2-1-7-14(15)18(21(29)26(20)19-11-5-6-12-24-19)13-25-27-22(30)16-9-3-4-10-17(16)23(27)31/h1-13,29H/b25-13+. The maximum atomic E-state index is 13.0. The summed E-state index contributed by atoms with van der Waals surface area (Å²) in [6, 6.07) is 18.1. The molecule has 0 bridgehead atoms. The summed E-state index contributed by atoms with van der Waals surface area (Å²) in [6.07, 6.45) is 2.71. The largest absolute Gasteiger partial charge is 0.494 e. The number of carbonyl (C=O) groups excluding carboxylic acids is 2. The lowest BCUT2D eigenvalue weighted by Crippen LogP contribution is -2.24.